The van der Waals surface area contributed by atoms with E-state index in [2.05, 4.69) is 60.8 Å². The molecule has 1 heterocycles. The Bertz CT molecular complexity index is 554. The number of piperidine rings is 1. The number of quaternary nitrogens is 1. The van der Waals surface area contributed by atoms with Gasteiger partial charge >= 0.3 is 0 Å². The van der Waals surface area contributed by atoms with Gasteiger partial charge in [-0.15, -0.1) is 0 Å². The summed E-state index contributed by atoms with van der Waals surface area (Å²) in [5.74, 6) is 0. The molecule has 1 saturated heterocycles. The summed E-state index contributed by atoms with van der Waals surface area (Å²) in [5.41, 5.74) is 2.53. The lowest BCUT2D eigenvalue weighted by Crippen LogP contribution is -2.97. The van der Waals surface area contributed by atoms with Crippen molar-refractivity contribution in [2.24, 2.45) is 0 Å². The first kappa shape index (κ1) is 13.3. The van der Waals surface area contributed by atoms with Crippen LogP contribution in [0.1, 0.15) is 36.9 Å². The fourth-order valence-electron chi connectivity index (χ4n) is 3.41. The van der Waals surface area contributed by atoms with Crippen LogP contribution < -0.4 is 5.32 Å². The first-order valence-corrected chi connectivity index (χ1v) is 7.32. The van der Waals surface area contributed by atoms with Gasteiger partial charge in [-0.1, -0.05) is 60.7 Å². The van der Waals surface area contributed by atoms with E-state index in [0.717, 1.165) is 12.8 Å². The lowest BCUT2D eigenvalue weighted by atomic mass is 9.79. The lowest BCUT2D eigenvalue weighted by molar-refractivity contribution is -0.780. The highest BCUT2D eigenvalue weighted by Crippen LogP contribution is 2.31. The number of hydrogen-bond donors (Lipinski definition) is 2. The summed E-state index contributed by atoms with van der Waals surface area (Å²) in [7, 11) is 0. The zero-order chi connectivity index (χ0) is 14.0. The van der Waals surface area contributed by atoms with Crippen LogP contribution >= 0.6 is 0 Å². The van der Waals surface area contributed by atoms with E-state index in [0.29, 0.717) is 6.04 Å². The molecule has 2 aromatic rings. The predicted octanol–water partition coefficient (Wildman–Crippen LogP) is 2.36. The molecule has 0 saturated carbocycles. The quantitative estimate of drug-likeness (QED) is 0.862. The van der Waals surface area contributed by atoms with E-state index in [1.807, 2.05) is 12.1 Å². The molecule has 0 radical (unpaired) electrons. The third-order valence-corrected chi connectivity index (χ3v) is 4.42. The molecule has 0 spiro atoms. The minimum absolute atomic E-state index is 0.0561. The van der Waals surface area contributed by atoms with Crippen molar-refractivity contribution in [2.45, 2.75) is 37.5 Å². The van der Waals surface area contributed by atoms with Gasteiger partial charge in [0.05, 0.1) is 6.10 Å². The SMILES string of the molecule is CC1(c2ccccc2)CC(O)CC(c2ccccc2)[NH2+]1. The molecule has 2 aromatic carbocycles. The summed E-state index contributed by atoms with van der Waals surface area (Å²) in [5, 5.41) is 12.7. The first-order valence-electron chi connectivity index (χ1n) is 7.32. The van der Waals surface area contributed by atoms with Gasteiger partial charge < -0.3 is 10.4 Å². The van der Waals surface area contributed by atoms with Crippen LogP contribution in [-0.4, -0.2) is 11.2 Å². The van der Waals surface area contributed by atoms with Crippen LogP contribution in [0.4, 0.5) is 0 Å². The highest BCUT2D eigenvalue weighted by Gasteiger charge is 2.41. The van der Waals surface area contributed by atoms with Gasteiger partial charge in [0.15, 0.2) is 0 Å². The number of hydrogen-bond acceptors (Lipinski definition) is 1. The normalized spacial score (nSPS) is 30.1. The molecule has 0 aromatic heterocycles. The van der Waals surface area contributed by atoms with E-state index < -0.39 is 0 Å². The summed E-state index contributed by atoms with van der Waals surface area (Å²) in [4.78, 5) is 0. The molecular weight excluding hydrogens is 246 g/mol. The second-order valence-corrected chi connectivity index (χ2v) is 6.06. The van der Waals surface area contributed by atoms with Crippen LogP contribution in [0.25, 0.3) is 0 Å². The van der Waals surface area contributed by atoms with Crippen LogP contribution in [0.2, 0.25) is 0 Å². The molecule has 3 rings (SSSR count). The second kappa shape index (κ2) is 5.39. The van der Waals surface area contributed by atoms with Crippen molar-refractivity contribution in [3.63, 3.8) is 0 Å². The average Bonchev–Trinajstić information content (AvgIpc) is 2.48. The van der Waals surface area contributed by atoms with E-state index in [1.54, 1.807) is 0 Å². The molecule has 0 amide bonds. The Morgan fingerprint density at radius 1 is 1.00 bits per heavy atom. The lowest BCUT2D eigenvalue weighted by Gasteiger charge is -2.39. The topological polar surface area (TPSA) is 36.8 Å². The average molecular weight is 268 g/mol. The smallest absolute Gasteiger partial charge is 0.122 e. The maximum absolute atomic E-state index is 10.3. The minimum Gasteiger partial charge on any atom is -0.393 e. The van der Waals surface area contributed by atoms with Crippen molar-refractivity contribution in [1.82, 2.24) is 0 Å². The Morgan fingerprint density at radius 3 is 2.25 bits per heavy atom. The van der Waals surface area contributed by atoms with Gasteiger partial charge in [0, 0.05) is 24.0 Å². The zero-order valence-corrected chi connectivity index (χ0v) is 11.9. The molecule has 2 nitrogen and oxygen atoms in total. The zero-order valence-electron chi connectivity index (χ0n) is 11.9. The number of aliphatic hydroxyl groups is 1. The highest BCUT2D eigenvalue weighted by molar-refractivity contribution is 5.23. The van der Waals surface area contributed by atoms with Crippen LogP contribution in [0.15, 0.2) is 60.7 Å². The van der Waals surface area contributed by atoms with Gasteiger partial charge in [-0.3, -0.25) is 0 Å². The van der Waals surface area contributed by atoms with Crippen LogP contribution in [0.5, 0.6) is 0 Å². The van der Waals surface area contributed by atoms with E-state index in [9.17, 15) is 5.11 Å². The number of benzene rings is 2. The third-order valence-electron chi connectivity index (χ3n) is 4.42. The van der Waals surface area contributed by atoms with Crippen molar-refractivity contribution in [3.8, 4) is 0 Å². The molecule has 0 bridgehead atoms. The van der Waals surface area contributed by atoms with Crippen LogP contribution in [0, 0.1) is 0 Å². The van der Waals surface area contributed by atoms with E-state index in [-0.39, 0.29) is 11.6 Å². The Hall–Kier alpha value is -1.64. The number of nitrogens with two attached hydrogens (primary N) is 1. The predicted molar refractivity (Wildman–Crippen MR) is 80.1 cm³/mol. The van der Waals surface area contributed by atoms with Crippen molar-refractivity contribution < 1.29 is 10.4 Å². The van der Waals surface area contributed by atoms with E-state index in [1.165, 1.54) is 11.1 Å². The molecular formula is C18H22NO+. The standard InChI is InChI=1S/C18H21NO/c1-18(15-10-6-3-7-11-15)13-16(20)12-17(19-18)14-8-4-2-5-9-14/h2-11,16-17,19-20H,12-13H2,1H3/p+1. The minimum atomic E-state index is -0.240. The van der Waals surface area contributed by atoms with E-state index in [4.69, 9.17) is 0 Å². The fraction of sp³-hybridized carbons (Fsp3) is 0.333. The van der Waals surface area contributed by atoms with Gasteiger partial charge in [-0.25, -0.2) is 0 Å². The monoisotopic (exact) mass is 268 g/mol. The Kier molecular flexibility index (Phi) is 3.60. The summed E-state index contributed by atoms with van der Waals surface area (Å²) in [6, 6.07) is 21.3. The number of rotatable bonds is 2. The van der Waals surface area contributed by atoms with E-state index >= 15 is 0 Å². The molecule has 1 aliphatic rings. The fourth-order valence-corrected chi connectivity index (χ4v) is 3.41. The van der Waals surface area contributed by atoms with Gasteiger partial charge in [-0.2, -0.15) is 0 Å². The molecule has 3 atom stereocenters. The summed E-state index contributed by atoms with van der Waals surface area (Å²) >= 11 is 0. The highest BCUT2D eigenvalue weighted by atomic mass is 16.3. The second-order valence-electron chi connectivity index (χ2n) is 6.06. The largest absolute Gasteiger partial charge is 0.393 e. The Labute approximate surface area is 120 Å². The Morgan fingerprint density at radius 2 is 1.60 bits per heavy atom. The molecule has 104 valence electrons. The van der Waals surface area contributed by atoms with Crippen LogP contribution in [0.3, 0.4) is 0 Å². The van der Waals surface area contributed by atoms with Crippen molar-refractivity contribution in [3.05, 3.63) is 71.8 Å². The van der Waals surface area contributed by atoms with Gasteiger partial charge in [0.25, 0.3) is 0 Å². The summed E-state index contributed by atoms with van der Waals surface area (Å²) in [6.45, 7) is 2.24. The molecule has 20 heavy (non-hydrogen) atoms. The van der Waals surface area contributed by atoms with Crippen molar-refractivity contribution in [2.75, 3.05) is 0 Å². The molecule has 3 unspecified atom stereocenters. The molecule has 2 heteroatoms. The third kappa shape index (κ3) is 2.62. The molecule has 3 N–H and O–H groups in total. The molecule has 1 aliphatic heterocycles. The summed E-state index contributed by atoms with van der Waals surface area (Å²) in [6.07, 6.45) is 1.39. The van der Waals surface area contributed by atoms with Gasteiger partial charge in [0.1, 0.15) is 11.6 Å². The Balaban J connectivity index is 1.90. The summed E-state index contributed by atoms with van der Waals surface area (Å²) < 4.78 is 0. The molecule has 1 fully saturated rings. The van der Waals surface area contributed by atoms with Crippen LogP contribution in [-0.2, 0) is 5.54 Å². The van der Waals surface area contributed by atoms with Gasteiger partial charge in [0.2, 0.25) is 0 Å². The van der Waals surface area contributed by atoms with Gasteiger partial charge in [-0.05, 0) is 6.92 Å². The maximum Gasteiger partial charge on any atom is 0.122 e. The molecule has 0 aliphatic carbocycles. The number of aliphatic hydroxyl groups excluding tert-OH is 1. The van der Waals surface area contributed by atoms with Crippen molar-refractivity contribution in [1.29, 1.82) is 0 Å². The van der Waals surface area contributed by atoms with Crippen molar-refractivity contribution >= 4 is 0 Å². The first-order chi connectivity index (χ1) is 9.67. The maximum atomic E-state index is 10.3.